The highest BCUT2D eigenvalue weighted by atomic mass is 28.4. The summed E-state index contributed by atoms with van der Waals surface area (Å²) in [7, 11) is -1.45. The van der Waals surface area contributed by atoms with Crippen molar-refractivity contribution in [3.05, 3.63) is 0 Å². The Hall–Kier alpha value is -0.176. The van der Waals surface area contributed by atoms with Gasteiger partial charge >= 0.3 is 0 Å². The molecule has 0 aromatic carbocycles. The zero-order chi connectivity index (χ0) is 23.5. The molecule has 4 rings (SSSR count). The molecule has 6 heteroatoms. The van der Waals surface area contributed by atoms with Crippen LogP contribution in [0.15, 0.2) is 5.16 Å². The van der Waals surface area contributed by atoms with Crippen LogP contribution < -0.4 is 0 Å². The van der Waals surface area contributed by atoms with Crippen molar-refractivity contribution in [2.24, 2.45) is 39.7 Å². The van der Waals surface area contributed by atoms with Crippen LogP contribution in [0.25, 0.3) is 0 Å². The van der Waals surface area contributed by atoms with Crippen molar-refractivity contribution in [3.8, 4) is 0 Å². The first-order valence-corrected chi connectivity index (χ1v) is 20.0. The van der Waals surface area contributed by atoms with E-state index < -0.39 is 16.6 Å². The van der Waals surface area contributed by atoms with E-state index in [0.717, 1.165) is 30.6 Å². The second-order valence-electron chi connectivity index (χ2n) is 13.9. The van der Waals surface area contributed by atoms with E-state index in [2.05, 4.69) is 58.3 Å². The van der Waals surface area contributed by atoms with Crippen LogP contribution in [0.4, 0.5) is 0 Å². The zero-order valence-electron chi connectivity index (χ0n) is 22.3. The van der Waals surface area contributed by atoms with Crippen LogP contribution in [0.5, 0.6) is 0 Å². The Balaban J connectivity index is 1.65. The van der Waals surface area contributed by atoms with Gasteiger partial charge in [-0.15, -0.1) is 0 Å². The minimum Gasteiger partial charge on any atom is -0.415 e. The Bertz CT molecular complexity index is 730. The summed E-state index contributed by atoms with van der Waals surface area (Å²) in [6.07, 6.45) is 10.9. The van der Waals surface area contributed by atoms with Crippen molar-refractivity contribution in [2.45, 2.75) is 117 Å². The molecule has 4 saturated carbocycles. The summed E-state index contributed by atoms with van der Waals surface area (Å²) in [5, 5.41) is 4.55. The quantitative estimate of drug-likeness (QED) is 0.312. The van der Waals surface area contributed by atoms with Crippen LogP contribution in [-0.4, -0.2) is 41.7 Å². The van der Waals surface area contributed by atoms with Gasteiger partial charge in [-0.3, -0.25) is 0 Å². The normalized spacial score (nSPS) is 45.8. The maximum absolute atomic E-state index is 7.09. The van der Waals surface area contributed by atoms with Gasteiger partial charge in [-0.25, -0.2) is 0 Å². The molecule has 4 fully saturated rings. The molecule has 0 N–H and O–H groups in total. The number of rotatable bonds is 5. The number of fused-ring (bicyclic) bond motifs is 5. The SMILES string of the molecule is CO/N=C1/CC[C@H]2[C@@H]3CC[C@H]4C[C@@H](O[Si](C)(C)C)CC[C@]4(C)[C@H]3[C@@H](O[Si](C)(C)C)C[C@]12C. The molecule has 0 spiro atoms. The molecule has 0 heterocycles. The van der Waals surface area contributed by atoms with Gasteiger partial charge in [0.15, 0.2) is 16.6 Å². The highest BCUT2D eigenvalue weighted by Crippen LogP contribution is 2.66. The highest BCUT2D eigenvalue weighted by molar-refractivity contribution is 6.70. The van der Waals surface area contributed by atoms with Gasteiger partial charge in [0.05, 0.1) is 5.71 Å². The lowest BCUT2D eigenvalue weighted by Crippen LogP contribution is -2.61. The first-order chi connectivity index (χ1) is 14.8. The van der Waals surface area contributed by atoms with Gasteiger partial charge in [0.25, 0.3) is 0 Å². The van der Waals surface area contributed by atoms with Crippen molar-refractivity contribution in [3.63, 3.8) is 0 Å². The minimum atomic E-state index is -1.66. The molecule has 0 aromatic rings. The van der Waals surface area contributed by atoms with Crippen molar-refractivity contribution < 1.29 is 13.7 Å². The third kappa shape index (κ3) is 4.55. The number of nitrogens with zero attached hydrogens (tertiary/aromatic N) is 1. The molecule has 4 nitrogen and oxygen atoms in total. The van der Waals surface area contributed by atoms with Crippen molar-refractivity contribution in [1.29, 1.82) is 0 Å². The van der Waals surface area contributed by atoms with Crippen molar-refractivity contribution in [1.82, 2.24) is 0 Å². The van der Waals surface area contributed by atoms with Gasteiger partial charge in [-0.2, -0.15) is 0 Å². The van der Waals surface area contributed by atoms with Gasteiger partial charge in [-0.1, -0.05) is 19.0 Å². The molecule has 0 saturated heterocycles. The van der Waals surface area contributed by atoms with E-state index in [1.54, 1.807) is 7.11 Å². The molecular weight excluding hydrogens is 430 g/mol. The molecule has 4 aliphatic carbocycles. The molecule has 8 atom stereocenters. The average Bonchev–Trinajstić information content (AvgIpc) is 2.95. The Morgan fingerprint density at radius 2 is 1.59 bits per heavy atom. The van der Waals surface area contributed by atoms with E-state index >= 15 is 0 Å². The monoisotopic (exact) mass is 479 g/mol. The summed E-state index contributed by atoms with van der Waals surface area (Å²) >= 11 is 0. The van der Waals surface area contributed by atoms with Gasteiger partial charge < -0.3 is 13.7 Å². The Morgan fingerprint density at radius 1 is 0.906 bits per heavy atom. The van der Waals surface area contributed by atoms with E-state index in [1.807, 2.05) is 0 Å². The third-order valence-corrected chi connectivity index (χ3v) is 11.5. The smallest absolute Gasteiger partial charge is 0.184 e. The van der Waals surface area contributed by atoms with Crippen LogP contribution in [0, 0.1) is 34.5 Å². The molecule has 0 aromatic heterocycles. The van der Waals surface area contributed by atoms with Crippen LogP contribution in [0.2, 0.25) is 39.3 Å². The van der Waals surface area contributed by atoms with Crippen LogP contribution in [0.1, 0.15) is 65.2 Å². The molecule has 184 valence electrons. The predicted octanol–water partition coefficient (Wildman–Crippen LogP) is 7.08. The fraction of sp³-hybridized carbons (Fsp3) is 0.962. The number of hydrogen-bond donors (Lipinski definition) is 0. The fourth-order valence-corrected chi connectivity index (χ4v) is 10.9. The Morgan fingerprint density at radius 3 is 2.22 bits per heavy atom. The molecule has 32 heavy (non-hydrogen) atoms. The topological polar surface area (TPSA) is 40.0 Å². The maximum atomic E-state index is 7.09. The molecule has 4 aliphatic rings. The van der Waals surface area contributed by atoms with E-state index in [1.165, 1.54) is 44.2 Å². The summed E-state index contributed by atoms with van der Waals surface area (Å²) in [6.45, 7) is 19.3. The summed E-state index contributed by atoms with van der Waals surface area (Å²) < 4.78 is 13.7. The summed E-state index contributed by atoms with van der Waals surface area (Å²) in [4.78, 5) is 5.31. The lowest BCUT2D eigenvalue weighted by molar-refractivity contribution is -0.157. The molecular formula is C26H49NO3Si2. The lowest BCUT2D eigenvalue weighted by atomic mass is 9.44. The summed E-state index contributed by atoms with van der Waals surface area (Å²) in [5.74, 6) is 2.96. The minimum absolute atomic E-state index is 0.142. The molecule has 0 aliphatic heterocycles. The molecule has 0 amide bonds. The largest absolute Gasteiger partial charge is 0.415 e. The Labute approximate surface area is 199 Å². The van der Waals surface area contributed by atoms with Crippen molar-refractivity contribution >= 4 is 22.3 Å². The zero-order valence-corrected chi connectivity index (χ0v) is 24.3. The maximum Gasteiger partial charge on any atom is 0.184 e. The van der Waals surface area contributed by atoms with Gasteiger partial charge in [0, 0.05) is 17.6 Å². The third-order valence-electron chi connectivity index (χ3n) is 9.50. The Kier molecular flexibility index (Phi) is 6.62. The number of hydrogen-bond acceptors (Lipinski definition) is 4. The first-order valence-electron chi connectivity index (χ1n) is 13.2. The first kappa shape index (κ1) is 24.9. The van der Waals surface area contributed by atoms with Gasteiger partial charge in [0.2, 0.25) is 0 Å². The van der Waals surface area contributed by atoms with Crippen LogP contribution >= 0.6 is 0 Å². The van der Waals surface area contributed by atoms with Gasteiger partial charge in [-0.05, 0) is 120 Å². The van der Waals surface area contributed by atoms with E-state index in [-0.39, 0.29) is 5.41 Å². The van der Waals surface area contributed by atoms with E-state index in [4.69, 9.17) is 13.7 Å². The molecule has 0 radical (unpaired) electrons. The molecule has 0 unspecified atom stereocenters. The average molecular weight is 480 g/mol. The van der Waals surface area contributed by atoms with Crippen molar-refractivity contribution in [2.75, 3.05) is 7.11 Å². The van der Waals surface area contributed by atoms with E-state index in [0.29, 0.717) is 23.5 Å². The number of oxime groups is 1. The lowest BCUT2D eigenvalue weighted by Gasteiger charge is -2.63. The highest BCUT2D eigenvalue weighted by Gasteiger charge is 2.63. The predicted molar refractivity (Wildman–Crippen MR) is 138 cm³/mol. The second-order valence-corrected chi connectivity index (χ2v) is 22.8. The second kappa shape index (κ2) is 8.49. The summed E-state index contributed by atoms with van der Waals surface area (Å²) in [5.41, 5.74) is 1.82. The van der Waals surface area contributed by atoms with Gasteiger partial charge in [0.1, 0.15) is 7.11 Å². The molecule has 0 bridgehead atoms. The van der Waals surface area contributed by atoms with E-state index in [9.17, 15) is 0 Å². The summed E-state index contributed by atoms with van der Waals surface area (Å²) in [6, 6.07) is 0. The fourth-order valence-electron chi connectivity index (χ4n) is 8.53. The van der Waals surface area contributed by atoms with Crippen LogP contribution in [-0.2, 0) is 13.7 Å². The standard InChI is InChI=1S/C26H49NO3Si2/c1-25-15-14-19(29-31(4,5)6)16-18(25)10-11-20-21-12-13-23(27-28-3)26(21,2)17-22(24(20)25)30-32(7,8)9/h18-22,24H,10-17H2,1-9H3/b27-23-/t18-,19-,20-,21-,22-,24+,25-,26-/m0/s1. The van der Waals surface area contributed by atoms with Crippen LogP contribution in [0.3, 0.4) is 0 Å².